The molecule has 0 saturated carbocycles. The number of nitrogens with zero attached hydrogens (tertiary/aromatic N) is 1. The van der Waals surface area contributed by atoms with Gasteiger partial charge in [-0.15, -0.1) is 0 Å². The summed E-state index contributed by atoms with van der Waals surface area (Å²) in [5.74, 6) is 0.809. The van der Waals surface area contributed by atoms with E-state index in [9.17, 15) is 13.2 Å². The first-order chi connectivity index (χ1) is 18.3. The zero-order valence-electron chi connectivity index (χ0n) is 20.7. The van der Waals surface area contributed by atoms with Gasteiger partial charge in [0.2, 0.25) is 10.0 Å². The maximum atomic E-state index is 12.4. The van der Waals surface area contributed by atoms with Gasteiger partial charge >= 0.3 is 0 Å². The van der Waals surface area contributed by atoms with Crippen molar-refractivity contribution >= 4 is 38.9 Å². The molecule has 0 fully saturated rings. The number of sulfonamides is 1. The Labute approximate surface area is 227 Å². The van der Waals surface area contributed by atoms with Crippen molar-refractivity contribution in [1.82, 2.24) is 0 Å². The largest absolute Gasteiger partial charge is 0.489 e. The number of carbonyl (C=O) groups is 1. The summed E-state index contributed by atoms with van der Waals surface area (Å²) in [7, 11) is -3.53. The molecule has 196 valence electrons. The lowest BCUT2D eigenvalue weighted by Crippen LogP contribution is -2.29. The Hall–Kier alpha value is -4.01. The summed E-state index contributed by atoms with van der Waals surface area (Å²) < 4.78 is 37.4. The van der Waals surface area contributed by atoms with Gasteiger partial charge in [0.15, 0.2) is 6.61 Å². The van der Waals surface area contributed by atoms with E-state index < -0.39 is 10.0 Å². The Bertz CT molecular complexity index is 1440. The third kappa shape index (κ3) is 7.99. The van der Waals surface area contributed by atoms with Crippen LogP contribution in [0.5, 0.6) is 11.5 Å². The highest BCUT2D eigenvalue weighted by atomic mass is 35.5. The maximum Gasteiger partial charge on any atom is 0.262 e. The van der Waals surface area contributed by atoms with E-state index in [2.05, 4.69) is 5.32 Å². The molecule has 0 radical (unpaired) electrons. The van der Waals surface area contributed by atoms with Crippen LogP contribution in [0.4, 0.5) is 11.4 Å². The summed E-state index contributed by atoms with van der Waals surface area (Å²) >= 11 is 5.93. The first-order valence-electron chi connectivity index (χ1n) is 11.8. The third-order valence-electron chi connectivity index (χ3n) is 5.52. The average molecular weight is 551 g/mol. The van der Waals surface area contributed by atoms with E-state index >= 15 is 0 Å². The SMILES string of the molecule is CS(=O)(=O)N(Cc1ccc(Cl)cc1)c1ccc(OCC(=O)Nc2ccc(OCc3ccccc3)cc2)cc1. The number of amides is 1. The fourth-order valence-electron chi connectivity index (χ4n) is 3.59. The standard InChI is InChI=1S/C29H27ClN2O5S/c1-38(34,35)32(19-22-7-9-24(30)10-8-22)26-13-17-28(18-14-26)37-21-29(33)31-25-11-15-27(16-12-25)36-20-23-5-3-2-4-6-23/h2-18H,19-21H2,1H3,(H,31,33). The topological polar surface area (TPSA) is 84.9 Å². The number of rotatable bonds is 11. The van der Waals surface area contributed by atoms with Crippen molar-refractivity contribution in [3.05, 3.63) is 119 Å². The zero-order chi connectivity index (χ0) is 27.0. The Balaban J connectivity index is 1.28. The molecule has 0 aliphatic carbocycles. The summed E-state index contributed by atoms with van der Waals surface area (Å²) in [5.41, 5.74) is 2.97. The molecule has 1 amide bonds. The molecule has 0 aliphatic rings. The van der Waals surface area contributed by atoms with Crippen molar-refractivity contribution in [1.29, 1.82) is 0 Å². The van der Waals surface area contributed by atoms with Crippen molar-refractivity contribution in [2.45, 2.75) is 13.2 Å². The van der Waals surface area contributed by atoms with E-state index in [1.807, 2.05) is 30.3 Å². The molecule has 0 bridgehead atoms. The minimum Gasteiger partial charge on any atom is -0.489 e. The first kappa shape index (κ1) is 27.0. The van der Waals surface area contributed by atoms with E-state index in [1.165, 1.54) is 4.31 Å². The van der Waals surface area contributed by atoms with Crippen molar-refractivity contribution in [2.24, 2.45) is 0 Å². The van der Waals surface area contributed by atoms with Crippen LogP contribution in [-0.2, 0) is 28.0 Å². The van der Waals surface area contributed by atoms with Crippen molar-refractivity contribution in [3.8, 4) is 11.5 Å². The third-order valence-corrected chi connectivity index (χ3v) is 6.91. The Morgan fingerprint density at radius 1 is 0.789 bits per heavy atom. The van der Waals surface area contributed by atoms with Gasteiger partial charge < -0.3 is 14.8 Å². The van der Waals surface area contributed by atoms with Crippen LogP contribution >= 0.6 is 11.6 Å². The number of halogens is 1. The predicted molar refractivity (Wildman–Crippen MR) is 150 cm³/mol. The van der Waals surface area contributed by atoms with Gasteiger partial charge in [-0.25, -0.2) is 8.42 Å². The average Bonchev–Trinajstić information content (AvgIpc) is 2.91. The first-order valence-corrected chi connectivity index (χ1v) is 14.0. The zero-order valence-corrected chi connectivity index (χ0v) is 22.3. The molecule has 9 heteroatoms. The number of ether oxygens (including phenoxy) is 2. The number of hydrogen-bond acceptors (Lipinski definition) is 5. The second-order valence-corrected chi connectivity index (χ2v) is 10.9. The number of carbonyl (C=O) groups excluding carboxylic acids is 1. The molecular weight excluding hydrogens is 524 g/mol. The van der Waals surface area contributed by atoms with Gasteiger partial charge in [0.1, 0.15) is 18.1 Å². The predicted octanol–water partition coefficient (Wildman–Crippen LogP) is 5.90. The normalized spacial score (nSPS) is 11.0. The van der Waals surface area contributed by atoms with Crippen molar-refractivity contribution < 1.29 is 22.7 Å². The molecule has 0 saturated heterocycles. The summed E-state index contributed by atoms with van der Waals surface area (Å²) in [6.45, 7) is 0.420. The van der Waals surface area contributed by atoms with Gasteiger partial charge in [-0.2, -0.15) is 0 Å². The van der Waals surface area contributed by atoms with E-state index in [0.717, 1.165) is 17.4 Å². The molecule has 0 aromatic heterocycles. The van der Waals surface area contributed by atoms with Crippen molar-refractivity contribution in [3.63, 3.8) is 0 Å². The summed E-state index contributed by atoms with van der Waals surface area (Å²) in [5, 5.41) is 3.36. The molecule has 0 atom stereocenters. The minimum absolute atomic E-state index is 0.161. The van der Waals surface area contributed by atoms with Gasteiger partial charge in [-0.05, 0) is 71.8 Å². The highest BCUT2D eigenvalue weighted by molar-refractivity contribution is 7.92. The molecule has 0 heterocycles. The molecule has 0 unspecified atom stereocenters. The summed E-state index contributed by atoms with van der Waals surface area (Å²) in [6.07, 6.45) is 1.15. The number of anilines is 2. The quantitative estimate of drug-likeness (QED) is 0.251. The molecule has 7 nitrogen and oxygen atoms in total. The van der Waals surface area contributed by atoms with E-state index in [-0.39, 0.29) is 19.1 Å². The number of benzene rings is 4. The molecule has 4 rings (SSSR count). The number of hydrogen-bond donors (Lipinski definition) is 1. The maximum absolute atomic E-state index is 12.4. The highest BCUT2D eigenvalue weighted by Crippen LogP contribution is 2.24. The lowest BCUT2D eigenvalue weighted by molar-refractivity contribution is -0.118. The molecule has 1 N–H and O–H groups in total. The van der Waals surface area contributed by atoms with Gasteiger partial charge in [-0.1, -0.05) is 54.1 Å². The molecule has 38 heavy (non-hydrogen) atoms. The molecule has 0 aliphatic heterocycles. The van der Waals surface area contributed by atoms with Crippen LogP contribution in [0.1, 0.15) is 11.1 Å². The van der Waals surface area contributed by atoms with Crippen LogP contribution in [0.25, 0.3) is 0 Å². The summed E-state index contributed by atoms with van der Waals surface area (Å²) in [6, 6.07) is 30.5. The van der Waals surface area contributed by atoms with E-state index in [4.69, 9.17) is 21.1 Å². The molecular formula is C29H27ClN2O5S. The smallest absolute Gasteiger partial charge is 0.262 e. The Morgan fingerprint density at radius 3 is 2.03 bits per heavy atom. The van der Waals surface area contributed by atoms with Crippen LogP contribution in [0.2, 0.25) is 5.02 Å². The van der Waals surface area contributed by atoms with E-state index in [1.54, 1.807) is 72.8 Å². The van der Waals surface area contributed by atoms with E-state index in [0.29, 0.717) is 34.5 Å². The van der Waals surface area contributed by atoms with Gasteiger partial charge in [0, 0.05) is 10.7 Å². The lowest BCUT2D eigenvalue weighted by Gasteiger charge is -2.23. The fourth-order valence-corrected chi connectivity index (χ4v) is 4.60. The van der Waals surface area contributed by atoms with Gasteiger partial charge in [0.25, 0.3) is 5.91 Å². The second kappa shape index (κ2) is 12.5. The second-order valence-electron chi connectivity index (χ2n) is 8.53. The number of nitrogens with one attached hydrogen (secondary N) is 1. The van der Waals surface area contributed by atoms with Crippen molar-refractivity contribution in [2.75, 3.05) is 22.5 Å². The van der Waals surface area contributed by atoms with Crippen LogP contribution < -0.4 is 19.1 Å². The van der Waals surface area contributed by atoms with Gasteiger partial charge in [-0.3, -0.25) is 9.10 Å². The minimum atomic E-state index is -3.53. The molecule has 0 spiro atoms. The lowest BCUT2D eigenvalue weighted by atomic mass is 10.2. The van der Waals surface area contributed by atoms with Crippen LogP contribution in [-0.4, -0.2) is 27.2 Å². The highest BCUT2D eigenvalue weighted by Gasteiger charge is 2.18. The Morgan fingerprint density at radius 2 is 1.39 bits per heavy atom. The Kier molecular flexibility index (Phi) is 8.89. The molecule has 4 aromatic carbocycles. The molecule has 4 aromatic rings. The monoisotopic (exact) mass is 550 g/mol. The van der Waals surface area contributed by atoms with Crippen LogP contribution in [0.3, 0.4) is 0 Å². The van der Waals surface area contributed by atoms with Crippen LogP contribution in [0, 0.1) is 0 Å². The van der Waals surface area contributed by atoms with Crippen LogP contribution in [0.15, 0.2) is 103 Å². The fraction of sp³-hybridized carbons (Fsp3) is 0.138. The van der Waals surface area contributed by atoms with Gasteiger partial charge in [0.05, 0.1) is 18.5 Å². The summed E-state index contributed by atoms with van der Waals surface area (Å²) in [4.78, 5) is 12.4.